The fourth-order valence-electron chi connectivity index (χ4n) is 6.82. The van der Waals surface area contributed by atoms with Gasteiger partial charge in [-0.3, -0.25) is 0 Å². The van der Waals surface area contributed by atoms with Crippen LogP contribution < -0.4 is 0 Å². The molecule has 0 spiro atoms. The van der Waals surface area contributed by atoms with Crippen LogP contribution in [0.4, 0.5) is 0 Å². The number of unbranched alkanes of at least 4 members (excludes halogenated alkanes) is 10. The molecule has 0 N–H and O–H groups in total. The van der Waals surface area contributed by atoms with E-state index in [2.05, 4.69) is 36.7 Å². The van der Waals surface area contributed by atoms with Crippen molar-refractivity contribution in [3.05, 3.63) is 45.1 Å². The van der Waals surface area contributed by atoms with Crippen LogP contribution in [0.5, 0.6) is 0 Å². The van der Waals surface area contributed by atoms with Crippen LogP contribution in [0.1, 0.15) is 113 Å². The molecule has 0 aliphatic rings. The van der Waals surface area contributed by atoms with Gasteiger partial charge in [-0.05, 0) is 70.8 Å². The lowest BCUT2D eigenvalue weighted by molar-refractivity contribution is -0.00943. The van der Waals surface area contributed by atoms with E-state index in [0.717, 1.165) is 12.8 Å². The lowest BCUT2D eigenvalue weighted by Gasteiger charge is -2.12. The molecule has 61 heavy (non-hydrogen) atoms. The molecule has 0 unspecified atom stereocenters. The maximum Gasteiger partial charge on any atom is 0.0732 e. The maximum absolute atomic E-state index is 6.22. The van der Waals surface area contributed by atoms with Crippen LogP contribution in [0.2, 0.25) is 0 Å². The van der Waals surface area contributed by atoms with Crippen molar-refractivity contribution >= 4 is 34.0 Å². The molecular formula is C48H80O10S3. The quantitative estimate of drug-likeness (QED) is 0.0511. The smallest absolute Gasteiger partial charge is 0.0732 e. The third kappa shape index (κ3) is 24.0. The number of hydrogen-bond donors (Lipinski definition) is 0. The predicted octanol–water partition coefficient (Wildman–Crippen LogP) is 11.4. The highest BCUT2D eigenvalue weighted by atomic mass is 32.1. The molecule has 3 rings (SSSR count). The minimum Gasteiger partial charge on any atom is -0.382 e. The van der Waals surface area contributed by atoms with E-state index in [-0.39, 0.29) is 0 Å². The van der Waals surface area contributed by atoms with Crippen LogP contribution in [0, 0.1) is 0 Å². The van der Waals surface area contributed by atoms with E-state index in [0.29, 0.717) is 119 Å². The number of thiophene rings is 3. The zero-order valence-electron chi connectivity index (χ0n) is 38.2. The van der Waals surface area contributed by atoms with Gasteiger partial charge in [0.25, 0.3) is 0 Å². The summed E-state index contributed by atoms with van der Waals surface area (Å²) in [5.74, 6) is 0. The molecule has 350 valence electrons. The minimum absolute atomic E-state index is 0.539. The molecule has 0 atom stereocenters. The first-order valence-electron chi connectivity index (χ1n) is 23.1. The highest BCUT2D eigenvalue weighted by molar-refractivity contribution is 7.26. The molecule has 0 saturated heterocycles. The average molecular weight is 913 g/mol. The van der Waals surface area contributed by atoms with Crippen LogP contribution >= 0.6 is 34.0 Å². The molecule has 0 amide bonds. The molecule has 0 aliphatic heterocycles. The molecule has 3 heterocycles. The van der Waals surface area contributed by atoms with Gasteiger partial charge in [-0.15, -0.1) is 34.0 Å². The van der Waals surface area contributed by atoms with Gasteiger partial charge in [-0.2, -0.15) is 0 Å². The summed E-state index contributed by atoms with van der Waals surface area (Å²) in [5.41, 5.74) is 5.66. The van der Waals surface area contributed by atoms with Crippen molar-refractivity contribution in [3.8, 4) is 19.5 Å². The van der Waals surface area contributed by atoms with E-state index in [1.165, 1.54) is 108 Å². The largest absolute Gasteiger partial charge is 0.382 e. The average Bonchev–Trinajstić information content (AvgIpc) is 4.02. The van der Waals surface area contributed by atoms with E-state index in [9.17, 15) is 0 Å². The van der Waals surface area contributed by atoms with Crippen molar-refractivity contribution in [1.29, 1.82) is 0 Å². The van der Waals surface area contributed by atoms with Crippen LogP contribution in [0.15, 0.2) is 22.9 Å². The predicted molar refractivity (Wildman–Crippen MR) is 253 cm³/mol. The van der Waals surface area contributed by atoms with Crippen LogP contribution in [0.3, 0.4) is 0 Å². The van der Waals surface area contributed by atoms with Crippen molar-refractivity contribution in [2.45, 2.75) is 117 Å². The first kappa shape index (κ1) is 54.0. The Kier molecular flexibility index (Phi) is 33.7. The van der Waals surface area contributed by atoms with Crippen molar-refractivity contribution < 1.29 is 47.4 Å². The molecular weight excluding hydrogens is 833 g/mol. The Morgan fingerprint density at radius 3 is 1.02 bits per heavy atom. The molecule has 0 aliphatic carbocycles. The molecule has 0 bridgehead atoms. The third-order valence-electron chi connectivity index (χ3n) is 10.2. The molecule has 0 aromatic carbocycles. The van der Waals surface area contributed by atoms with Crippen molar-refractivity contribution in [3.63, 3.8) is 0 Å². The number of hydrogen-bond acceptors (Lipinski definition) is 13. The highest BCUT2D eigenvalue weighted by Gasteiger charge is 2.24. The second kappa shape index (κ2) is 38.0. The van der Waals surface area contributed by atoms with E-state index in [1.807, 2.05) is 34.0 Å². The van der Waals surface area contributed by atoms with Gasteiger partial charge in [-0.1, -0.05) is 78.1 Å². The van der Waals surface area contributed by atoms with Crippen LogP contribution in [-0.4, -0.2) is 120 Å². The number of methoxy groups -OCH3 is 2. The first-order chi connectivity index (χ1) is 30.2. The topological polar surface area (TPSA) is 92.3 Å². The summed E-state index contributed by atoms with van der Waals surface area (Å²) in [7, 11) is 3.34. The Morgan fingerprint density at radius 1 is 0.361 bits per heavy atom. The monoisotopic (exact) mass is 912 g/mol. The van der Waals surface area contributed by atoms with Gasteiger partial charge in [0.15, 0.2) is 0 Å². The summed E-state index contributed by atoms with van der Waals surface area (Å²) >= 11 is 5.71. The summed E-state index contributed by atoms with van der Waals surface area (Å²) in [4.78, 5) is 5.60. The summed E-state index contributed by atoms with van der Waals surface area (Å²) in [6.07, 6.45) is 17.8. The number of rotatable bonds is 44. The Bertz CT molecular complexity index is 1320. The molecule has 13 heteroatoms. The lowest BCUT2D eigenvalue weighted by Crippen LogP contribution is -2.12. The number of ether oxygens (including phenoxy) is 10. The zero-order valence-corrected chi connectivity index (χ0v) is 40.7. The standard InChI is InChI=1S/C48H80O10S3/c1-5-7-9-11-13-15-17-43-44(18-16-14-12-10-8-6-2)48(46-42(20-38-60-46)40-58-36-34-56-32-30-54-28-26-52-24-22-50-4)61-47(43)45-41(19-37-59-45)39-57-35-33-55-31-29-53-27-25-51-23-21-49-3/h19-20,37-38H,5-18,21-36,39-40H2,1-4H3. The van der Waals surface area contributed by atoms with E-state index >= 15 is 0 Å². The van der Waals surface area contributed by atoms with Gasteiger partial charge in [-0.25, -0.2) is 0 Å². The first-order valence-corrected chi connectivity index (χ1v) is 25.7. The highest BCUT2D eigenvalue weighted by Crippen LogP contribution is 2.48. The van der Waals surface area contributed by atoms with Gasteiger partial charge < -0.3 is 47.4 Å². The van der Waals surface area contributed by atoms with Crippen molar-refractivity contribution in [1.82, 2.24) is 0 Å². The van der Waals surface area contributed by atoms with Crippen molar-refractivity contribution in [2.75, 3.05) is 120 Å². The fraction of sp³-hybridized carbons (Fsp3) is 0.750. The lowest BCUT2D eigenvalue weighted by atomic mass is 9.95. The van der Waals surface area contributed by atoms with E-state index in [1.54, 1.807) is 25.3 Å². The molecule has 0 fully saturated rings. The second-order valence-corrected chi connectivity index (χ2v) is 17.9. The van der Waals surface area contributed by atoms with Gasteiger partial charge in [0, 0.05) is 24.0 Å². The molecule has 0 saturated carbocycles. The van der Waals surface area contributed by atoms with Gasteiger partial charge in [0.05, 0.1) is 129 Å². The third-order valence-corrected chi connectivity index (χ3v) is 13.7. The summed E-state index contributed by atoms with van der Waals surface area (Å²) < 4.78 is 56.1. The normalized spacial score (nSPS) is 11.7. The molecule has 3 aromatic heterocycles. The molecule has 0 radical (unpaired) electrons. The van der Waals surface area contributed by atoms with Gasteiger partial charge in [0.2, 0.25) is 0 Å². The van der Waals surface area contributed by atoms with Crippen molar-refractivity contribution in [2.24, 2.45) is 0 Å². The summed E-state index contributed by atoms with van der Waals surface area (Å²) in [6.45, 7) is 14.7. The van der Waals surface area contributed by atoms with Crippen LogP contribution in [-0.2, 0) is 73.4 Å². The summed E-state index contributed by atoms with van der Waals surface area (Å²) in [5, 5.41) is 4.47. The molecule has 10 nitrogen and oxygen atoms in total. The maximum atomic E-state index is 6.22. The Hall–Kier alpha value is -1.30. The zero-order chi connectivity index (χ0) is 43.3. The molecule has 3 aromatic rings. The van der Waals surface area contributed by atoms with Gasteiger partial charge >= 0.3 is 0 Å². The Balaban J connectivity index is 1.66. The van der Waals surface area contributed by atoms with Crippen LogP contribution in [0.25, 0.3) is 19.5 Å². The summed E-state index contributed by atoms with van der Waals surface area (Å²) in [6, 6.07) is 4.50. The minimum atomic E-state index is 0.539. The SMILES string of the molecule is CCCCCCCCc1c(-c2sccc2COCCOCCOCCOCCOC)sc(-c2sccc2COCCOCCOCCOCCOC)c1CCCCCCCC. The van der Waals surface area contributed by atoms with E-state index < -0.39 is 0 Å². The van der Waals surface area contributed by atoms with Gasteiger partial charge in [0.1, 0.15) is 0 Å². The Morgan fingerprint density at radius 2 is 0.672 bits per heavy atom. The van der Waals surface area contributed by atoms with E-state index in [4.69, 9.17) is 47.4 Å². The fourth-order valence-corrected chi connectivity index (χ4v) is 10.5. The second-order valence-electron chi connectivity index (χ2n) is 15.1. The Labute approximate surface area is 381 Å².